The standard InChI is InChI=1S/C17H14O4/c18-15(12-4-2-1-3-5-12)13-6-8-14(9-7-13)21-17(10-11-17)16(19)20/h1-9H,10-11H2,(H,19,20). The van der Waals surface area contributed by atoms with Gasteiger partial charge in [-0.3, -0.25) is 4.79 Å². The van der Waals surface area contributed by atoms with Crippen molar-refractivity contribution in [1.29, 1.82) is 0 Å². The molecule has 0 atom stereocenters. The van der Waals surface area contributed by atoms with E-state index in [9.17, 15) is 9.59 Å². The van der Waals surface area contributed by atoms with E-state index in [-0.39, 0.29) is 5.78 Å². The first-order valence-corrected chi connectivity index (χ1v) is 6.73. The number of rotatable bonds is 5. The molecule has 2 aromatic rings. The van der Waals surface area contributed by atoms with Gasteiger partial charge in [-0.25, -0.2) is 4.79 Å². The topological polar surface area (TPSA) is 63.6 Å². The molecule has 0 radical (unpaired) electrons. The van der Waals surface area contributed by atoms with Crippen molar-refractivity contribution in [3.63, 3.8) is 0 Å². The van der Waals surface area contributed by atoms with Crippen molar-refractivity contribution in [2.45, 2.75) is 18.4 Å². The average molecular weight is 282 g/mol. The lowest BCUT2D eigenvalue weighted by Crippen LogP contribution is -2.28. The molecule has 0 saturated heterocycles. The lowest BCUT2D eigenvalue weighted by Gasteiger charge is -2.13. The number of aliphatic carboxylic acids is 1. The molecule has 1 aliphatic carbocycles. The molecule has 0 aliphatic heterocycles. The van der Waals surface area contributed by atoms with Crippen LogP contribution in [0.3, 0.4) is 0 Å². The Labute approximate surface area is 122 Å². The van der Waals surface area contributed by atoms with Crippen molar-refractivity contribution >= 4 is 11.8 Å². The molecule has 1 fully saturated rings. The van der Waals surface area contributed by atoms with E-state index in [1.807, 2.05) is 18.2 Å². The Morgan fingerprint density at radius 2 is 1.48 bits per heavy atom. The van der Waals surface area contributed by atoms with E-state index in [0.717, 1.165) is 0 Å². The highest BCUT2D eigenvalue weighted by molar-refractivity contribution is 6.08. The summed E-state index contributed by atoms with van der Waals surface area (Å²) in [6, 6.07) is 15.6. The van der Waals surface area contributed by atoms with Gasteiger partial charge in [-0.15, -0.1) is 0 Å². The van der Waals surface area contributed by atoms with Crippen LogP contribution in [-0.2, 0) is 4.79 Å². The fourth-order valence-corrected chi connectivity index (χ4v) is 2.13. The van der Waals surface area contributed by atoms with Crippen LogP contribution >= 0.6 is 0 Å². The minimum atomic E-state index is -1.06. The molecule has 0 spiro atoms. The van der Waals surface area contributed by atoms with Crippen molar-refractivity contribution in [3.05, 3.63) is 65.7 Å². The molecule has 1 aliphatic rings. The maximum absolute atomic E-state index is 12.2. The number of carboxylic acids is 1. The molecule has 21 heavy (non-hydrogen) atoms. The van der Waals surface area contributed by atoms with Gasteiger partial charge < -0.3 is 9.84 Å². The Bertz CT molecular complexity index is 670. The summed E-state index contributed by atoms with van der Waals surface area (Å²) in [5.41, 5.74) is 0.106. The lowest BCUT2D eigenvalue weighted by atomic mass is 10.0. The molecular formula is C17H14O4. The van der Waals surface area contributed by atoms with Crippen LogP contribution in [0.5, 0.6) is 5.75 Å². The van der Waals surface area contributed by atoms with E-state index < -0.39 is 11.6 Å². The van der Waals surface area contributed by atoms with Crippen molar-refractivity contribution in [1.82, 2.24) is 0 Å². The third kappa shape index (κ3) is 2.65. The molecule has 0 heterocycles. The first-order valence-electron chi connectivity index (χ1n) is 6.73. The van der Waals surface area contributed by atoms with Gasteiger partial charge in [-0.2, -0.15) is 0 Å². The second kappa shape index (κ2) is 5.05. The van der Waals surface area contributed by atoms with Crippen LogP contribution in [0.1, 0.15) is 28.8 Å². The van der Waals surface area contributed by atoms with Crippen LogP contribution in [0.4, 0.5) is 0 Å². The zero-order chi connectivity index (χ0) is 14.9. The highest BCUT2D eigenvalue weighted by Crippen LogP contribution is 2.40. The van der Waals surface area contributed by atoms with Gasteiger partial charge in [0, 0.05) is 24.0 Å². The minimum Gasteiger partial charge on any atom is -0.478 e. The van der Waals surface area contributed by atoms with E-state index in [4.69, 9.17) is 9.84 Å². The maximum Gasteiger partial charge on any atom is 0.348 e. The molecule has 1 saturated carbocycles. The number of ketones is 1. The second-order valence-electron chi connectivity index (χ2n) is 5.12. The molecule has 106 valence electrons. The van der Waals surface area contributed by atoms with Gasteiger partial charge in [0.1, 0.15) is 5.75 Å². The summed E-state index contributed by atoms with van der Waals surface area (Å²) in [6.07, 6.45) is 1.04. The maximum atomic E-state index is 12.2. The van der Waals surface area contributed by atoms with Gasteiger partial charge in [0.25, 0.3) is 0 Å². The molecule has 0 aromatic heterocycles. The van der Waals surface area contributed by atoms with Crippen LogP contribution < -0.4 is 4.74 Å². The van der Waals surface area contributed by atoms with Crippen LogP contribution in [0.25, 0.3) is 0 Å². The number of carboxylic acid groups (broad SMARTS) is 1. The SMILES string of the molecule is O=C(c1ccccc1)c1ccc(OC2(C(=O)O)CC2)cc1. The zero-order valence-electron chi connectivity index (χ0n) is 11.3. The summed E-state index contributed by atoms with van der Waals surface area (Å²) in [4.78, 5) is 23.3. The van der Waals surface area contributed by atoms with Gasteiger partial charge in [0.15, 0.2) is 5.78 Å². The molecule has 4 nitrogen and oxygen atoms in total. The first kappa shape index (κ1) is 13.4. The van der Waals surface area contributed by atoms with E-state index in [2.05, 4.69) is 0 Å². The zero-order valence-corrected chi connectivity index (χ0v) is 11.3. The monoisotopic (exact) mass is 282 g/mol. The van der Waals surface area contributed by atoms with E-state index in [1.54, 1.807) is 36.4 Å². The molecule has 2 aromatic carbocycles. The van der Waals surface area contributed by atoms with Crippen molar-refractivity contribution < 1.29 is 19.4 Å². The average Bonchev–Trinajstić information content (AvgIpc) is 3.29. The highest BCUT2D eigenvalue weighted by Gasteiger charge is 2.53. The van der Waals surface area contributed by atoms with Gasteiger partial charge in [0.2, 0.25) is 5.60 Å². The summed E-state index contributed by atoms with van der Waals surface area (Å²) in [5, 5.41) is 9.08. The number of hydrogen-bond acceptors (Lipinski definition) is 3. The number of hydrogen-bond donors (Lipinski definition) is 1. The Morgan fingerprint density at radius 1 is 0.905 bits per heavy atom. The van der Waals surface area contributed by atoms with E-state index in [0.29, 0.717) is 29.7 Å². The predicted molar refractivity (Wildman–Crippen MR) is 76.5 cm³/mol. The summed E-state index contributed by atoms with van der Waals surface area (Å²) < 4.78 is 5.50. The van der Waals surface area contributed by atoms with Gasteiger partial charge >= 0.3 is 5.97 Å². The van der Waals surface area contributed by atoms with Gasteiger partial charge in [0.05, 0.1) is 0 Å². The molecule has 0 bridgehead atoms. The fourth-order valence-electron chi connectivity index (χ4n) is 2.13. The number of ether oxygens (including phenoxy) is 1. The van der Waals surface area contributed by atoms with Crippen molar-refractivity contribution in [2.24, 2.45) is 0 Å². The smallest absolute Gasteiger partial charge is 0.348 e. The van der Waals surface area contributed by atoms with Crippen LogP contribution in [0.15, 0.2) is 54.6 Å². The summed E-state index contributed by atoms with van der Waals surface area (Å²) in [5.74, 6) is -0.534. The molecule has 0 amide bonds. The third-order valence-corrected chi connectivity index (χ3v) is 3.56. The van der Waals surface area contributed by atoms with Crippen LogP contribution in [0, 0.1) is 0 Å². The quantitative estimate of drug-likeness (QED) is 0.856. The molecule has 0 unspecified atom stereocenters. The number of benzene rings is 2. The van der Waals surface area contributed by atoms with Crippen molar-refractivity contribution in [3.8, 4) is 5.75 Å². The second-order valence-corrected chi connectivity index (χ2v) is 5.12. The van der Waals surface area contributed by atoms with Crippen LogP contribution in [-0.4, -0.2) is 22.5 Å². The molecule has 4 heteroatoms. The number of carbonyl (C=O) groups excluding carboxylic acids is 1. The largest absolute Gasteiger partial charge is 0.478 e. The summed E-state index contributed by atoms with van der Waals surface area (Å²) >= 11 is 0. The lowest BCUT2D eigenvalue weighted by molar-refractivity contribution is -0.147. The Balaban J connectivity index is 1.76. The van der Waals surface area contributed by atoms with Gasteiger partial charge in [-0.1, -0.05) is 30.3 Å². The Morgan fingerprint density at radius 3 is 2.00 bits per heavy atom. The normalized spacial score (nSPS) is 15.2. The summed E-state index contributed by atoms with van der Waals surface area (Å²) in [6.45, 7) is 0. The van der Waals surface area contributed by atoms with Crippen LogP contribution in [0.2, 0.25) is 0 Å². The molecular weight excluding hydrogens is 268 g/mol. The highest BCUT2D eigenvalue weighted by atomic mass is 16.5. The molecule has 1 N–H and O–H groups in total. The Kier molecular flexibility index (Phi) is 3.22. The Hall–Kier alpha value is -2.62. The third-order valence-electron chi connectivity index (χ3n) is 3.56. The van der Waals surface area contributed by atoms with Crippen molar-refractivity contribution in [2.75, 3.05) is 0 Å². The number of carbonyl (C=O) groups is 2. The minimum absolute atomic E-state index is 0.0680. The summed E-state index contributed by atoms with van der Waals surface area (Å²) in [7, 11) is 0. The van der Waals surface area contributed by atoms with Gasteiger partial charge in [-0.05, 0) is 24.3 Å². The van der Waals surface area contributed by atoms with E-state index >= 15 is 0 Å². The fraction of sp³-hybridized carbons (Fsp3) is 0.176. The first-order chi connectivity index (χ1) is 10.1. The predicted octanol–water partition coefficient (Wildman–Crippen LogP) is 2.91. The molecule has 3 rings (SSSR count). The van der Waals surface area contributed by atoms with E-state index in [1.165, 1.54) is 0 Å².